The molecule has 4 saturated carbocycles. The van der Waals surface area contributed by atoms with Gasteiger partial charge in [0, 0.05) is 5.56 Å². The Kier molecular flexibility index (Phi) is 3.33. The molecule has 144 valence electrons. The molecule has 4 nitrogen and oxygen atoms in total. The summed E-state index contributed by atoms with van der Waals surface area (Å²) in [6.07, 6.45) is 3.08. The number of carbonyl (C=O) groups excluding carboxylic acids is 2. The molecule has 1 aromatic rings. The molecule has 7 heteroatoms. The molecule has 2 amide bonds. The van der Waals surface area contributed by atoms with Crippen LogP contribution in [0.15, 0.2) is 18.2 Å². The van der Waals surface area contributed by atoms with Crippen molar-refractivity contribution in [1.82, 2.24) is 4.90 Å². The Bertz CT molecular complexity index is 832. The molecule has 4 aliphatic carbocycles. The summed E-state index contributed by atoms with van der Waals surface area (Å²) in [5, 5.41) is 0. The lowest BCUT2D eigenvalue weighted by molar-refractivity contribution is -0.129. The number of hydrogen-bond acceptors (Lipinski definition) is 2. The van der Waals surface area contributed by atoms with E-state index in [1.54, 1.807) is 0 Å². The SMILES string of the molecule is NC(=O)C12CC3CC1CC(C2)C3c1cc(F)ccc1C(=O)N1CC(F)(F)C1. The van der Waals surface area contributed by atoms with Crippen LogP contribution in [0.3, 0.4) is 0 Å². The molecule has 27 heavy (non-hydrogen) atoms. The number of halogens is 3. The standard InChI is InChI=1S/C20H21F3N2O2/c21-13-1-2-14(17(26)25-8-20(22,23)9-25)15(5-13)16-10-3-12-4-11(16)7-19(12,6-10)18(24)27/h1-2,5,10-12,16H,3-4,6-9H2,(H2,24,27). The van der Waals surface area contributed by atoms with Crippen LogP contribution in [0.25, 0.3) is 0 Å². The molecule has 1 aliphatic heterocycles. The van der Waals surface area contributed by atoms with Gasteiger partial charge in [-0.2, -0.15) is 0 Å². The van der Waals surface area contributed by atoms with E-state index in [9.17, 15) is 22.8 Å². The summed E-state index contributed by atoms with van der Waals surface area (Å²) in [4.78, 5) is 26.0. The third kappa shape index (κ3) is 2.29. The Morgan fingerprint density at radius 1 is 1.11 bits per heavy atom. The molecular formula is C20H21F3N2O2. The maximum Gasteiger partial charge on any atom is 0.282 e. The van der Waals surface area contributed by atoms with E-state index in [-0.39, 0.29) is 29.6 Å². The zero-order chi connectivity index (χ0) is 19.1. The maximum absolute atomic E-state index is 14.1. The number of likely N-dealkylation sites (tertiary alicyclic amines) is 1. The summed E-state index contributed by atoms with van der Waals surface area (Å²) in [6, 6.07) is 4.02. The fraction of sp³-hybridized carbons (Fsp3) is 0.600. The number of amides is 2. The first kappa shape index (κ1) is 17.1. The second-order valence-electron chi connectivity index (χ2n) is 8.89. The maximum atomic E-state index is 14.1. The molecule has 0 spiro atoms. The zero-order valence-electron chi connectivity index (χ0n) is 14.8. The molecule has 5 fully saturated rings. The molecule has 5 aliphatic rings. The van der Waals surface area contributed by atoms with E-state index in [1.807, 2.05) is 0 Å². The fourth-order valence-electron chi connectivity index (χ4n) is 6.47. The lowest BCUT2D eigenvalue weighted by Crippen LogP contribution is -2.58. The van der Waals surface area contributed by atoms with E-state index in [4.69, 9.17) is 5.73 Å². The van der Waals surface area contributed by atoms with Crippen LogP contribution in [-0.2, 0) is 4.79 Å². The molecule has 2 atom stereocenters. The minimum absolute atomic E-state index is 0.0207. The van der Waals surface area contributed by atoms with Crippen molar-refractivity contribution in [2.75, 3.05) is 13.1 Å². The van der Waals surface area contributed by atoms with Crippen molar-refractivity contribution < 1.29 is 22.8 Å². The number of primary amides is 1. The van der Waals surface area contributed by atoms with Gasteiger partial charge in [0.05, 0.1) is 18.5 Å². The quantitative estimate of drug-likeness (QED) is 0.879. The third-order valence-corrected chi connectivity index (χ3v) is 7.45. The number of nitrogens with zero attached hydrogens (tertiary/aromatic N) is 1. The second kappa shape index (κ2) is 5.26. The second-order valence-corrected chi connectivity index (χ2v) is 8.89. The van der Waals surface area contributed by atoms with Crippen molar-refractivity contribution in [2.45, 2.75) is 37.5 Å². The van der Waals surface area contributed by atoms with Crippen LogP contribution in [0.1, 0.15) is 47.5 Å². The zero-order valence-corrected chi connectivity index (χ0v) is 14.8. The first-order valence-corrected chi connectivity index (χ1v) is 9.47. The van der Waals surface area contributed by atoms with Crippen molar-refractivity contribution in [1.29, 1.82) is 0 Å². The monoisotopic (exact) mass is 378 g/mol. The number of benzene rings is 1. The molecule has 2 unspecified atom stereocenters. The Balaban J connectivity index is 1.49. The predicted octanol–water partition coefficient (Wildman–Crippen LogP) is 2.92. The van der Waals surface area contributed by atoms with E-state index in [0.29, 0.717) is 24.0 Å². The van der Waals surface area contributed by atoms with Crippen LogP contribution in [0.5, 0.6) is 0 Å². The summed E-state index contributed by atoms with van der Waals surface area (Å²) >= 11 is 0. The molecule has 0 aromatic heterocycles. The van der Waals surface area contributed by atoms with E-state index in [0.717, 1.165) is 17.7 Å². The van der Waals surface area contributed by atoms with Gasteiger partial charge >= 0.3 is 0 Å². The number of nitrogens with two attached hydrogens (primary N) is 1. The minimum Gasteiger partial charge on any atom is -0.369 e. The number of rotatable bonds is 3. The Morgan fingerprint density at radius 3 is 2.26 bits per heavy atom. The highest BCUT2D eigenvalue weighted by atomic mass is 19.3. The van der Waals surface area contributed by atoms with Gasteiger partial charge in [-0.1, -0.05) is 0 Å². The smallest absolute Gasteiger partial charge is 0.282 e. The average Bonchev–Trinajstić information content (AvgIpc) is 3.01. The van der Waals surface area contributed by atoms with Gasteiger partial charge in [0.25, 0.3) is 11.8 Å². The van der Waals surface area contributed by atoms with Crippen LogP contribution in [0.4, 0.5) is 13.2 Å². The van der Waals surface area contributed by atoms with Crippen LogP contribution in [-0.4, -0.2) is 35.7 Å². The van der Waals surface area contributed by atoms with Gasteiger partial charge in [-0.15, -0.1) is 0 Å². The fourth-order valence-corrected chi connectivity index (χ4v) is 6.47. The van der Waals surface area contributed by atoms with Crippen molar-refractivity contribution in [3.8, 4) is 0 Å². The van der Waals surface area contributed by atoms with Gasteiger partial charge in [0.1, 0.15) is 5.82 Å². The Morgan fingerprint density at radius 2 is 1.74 bits per heavy atom. The van der Waals surface area contributed by atoms with Crippen LogP contribution < -0.4 is 5.73 Å². The number of carbonyl (C=O) groups is 2. The van der Waals surface area contributed by atoms with Crippen LogP contribution in [0.2, 0.25) is 0 Å². The van der Waals surface area contributed by atoms with Crippen molar-refractivity contribution in [3.63, 3.8) is 0 Å². The van der Waals surface area contributed by atoms with Gasteiger partial charge in [-0.3, -0.25) is 9.59 Å². The van der Waals surface area contributed by atoms with Gasteiger partial charge in [0.15, 0.2) is 0 Å². The van der Waals surface area contributed by atoms with Gasteiger partial charge in [-0.05, 0) is 73.1 Å². The molecule has 1 heterocycles. The van der Waals surface area contributed by atoms with E-state index in [2.05, 4.69) is 0 Å². The Labute approximate surface area is 154 Å². The third-order valence-electron chi connectivity index (χ3n) is 7.45. The summed E-state index contributed by atoms with van der Waals surface area (Å²) in [5.74, 6) is -3.35. The topological polar surface area (TPSA) is 63.4 Å². The molecule has 4 bridgehead atoms. The Hall–Kier alpha value is -2.05. The lowest BCUT2D eigenvalue weighted by atomic mass is 9.65. The van der Waals surface area contributed by atoms with E-state index in [1.165, 1.54) is 18.2 Å². The molecular weight excluding hydrogens is 357 g/mol. The molecule has 2 N–H and O–H groups in total. The summed E-state index contributed by atoms with van der Waals surface area (Å²) in [5.41, 5.74) is 6.19. The van der Waals surface area contributed by atoms with Crippen LogP contribution in [0, 0.1) is 29.0 Å². The predicted molar refractivity (Wildman–Crippen MR) is 90.6 cm³/mol. The average molecular weight is 378 g/mol. The summed E-state index contributed by atoms with van der Waals surface area (Å²) in [7, 11) is 0. The van der Waals surface area contributed by atoms with Crippen molar-refractivity contribution in [3.05, 3.63) is 35.1 Å². The molecule has 1 saturated heterocycles. The highest BCUT2D eigenvalue weighted by Crippen LogP contribution is 2.69. The first-order valence-electron chi connectivity index (χ1n) is 9.47. The number of hydrogen-bond donors (Lipinski definition) is 1. The highest BCUT2D eigenvalue weighted by Gasteiger charge is 2.64. The van der Waals surface area contributed by atoms with Gasteiger partial charge < -0.3 is 10.6 Å². The highest BCUT2D eigenvalue weighted by molar-refractivity contribution is 5.96. The number of alkyl halides is 2. The summed E-state index contributed by atoms with van der Waals surface area (Å²) in [6.45, 7) is -1.18. The first-order chi connectivity index (χ1) is 12.7. The minimum atomic E-state index is -2.84. The van der Waals surface area contributed by atoms with Gasteiger partial charge in [0.2, 0.25) is 5.91 Å². The lowest BCUT2D eigenvalue weighted by Gasteiger charge is -2.41. The van der Waals surface area contributed by atoms with E-state index >= 15 is 0 Å². The van der Waals surface area contributed by atoms with Gasteiger partial charge in [-0.25, -0.2) is 13.2 Å². The van der Waals surface area contributed by atoms with Crippen molar-refractivity contribution in [2.24, 2.45) is 28.9 Å². The molecule has 1 aromatic carbocycles. The largest absolute Gasteiger partial charge is 0.369 e. The van der Waals surface area contributed by atoms with Crippen LogP contribution >= 0.6 is 0 Å². The molecule has 0 radical (unpaired) electrons. The summed E-state index contributed by atoms with van der Waals surface area (Å²) < 4.78 is 40.4. The van der Waals surface area contributed by atoms with Crippen molar-refractivity contribution >= 4 is 11.8 Å². The normalized spacial score (nSPS) is 38.1. The molecule has 6 rings (SSSR count). The van der Waals surface area contributed by atoms with E-state index < -0.39 is 36.2 Å².